The Balaban J connectivity index is 2.48. The van der Waals surface area contributed by atoms with E-state index < -0.39 is 0 Å². The lowest BCUT2D eigenvalue weighted by Gasteiger charge is -2.27. The van der Waals surface area contributed by atoms with Crippen molar-refractivity contribution in [1.82, 2.24) is 5.32 Å². The molecule has 0 bridgehead atoms. The Morgan fingerprint density at radius 2 is 2.23 bits per heavy atom. The van der Waals surface area contributed by atoms with Gasteiger partial charge in [0, 0.05) is 0 Å². The molecule has 4 nitrogen and oxygen atoms in total. The summed E-state index contributed by atoms with van der Waals surface area (Å²) in [6.45, 7) is 1.76. The predicted octanol–water partition coefficient (Wildman–Crippen LogP) is -0.233. The van der Waals surface area contributed by atoms with Gasteiger partial charge in [-0.05, 0) is 31.8 Å². The molecule has 0 aromatic carbocycles. The number of carbonyl (C=O) groups excluding carboxylic acids is 1. The zero-order valence-electron chi connectivity index (χ0n) is 7.95. The highest BCUT2D eigenvalue weighted by Crippen LogP contribution is 2.22. The first-order valence-corrected chi connectivity index (χ1v) is 4.69. The minimum atomic E-state index is -0.327. The molecule has 2 N–H and O–H groups in total. The van der Waals surface area contributed by atoms with Crippen molar-refractivity contribution >= 4 is 5.97 Å². The third-order valence-electron chi connectivity index (χ3n) is 2.65. The Morgan fingerprint density at radius 3 is 2.69 bits per heavy atom. The van der Waals surface area contributed by atoms with Crippen LogP contribution in [0.1, 0.15) is 12.8 Å². The third-order valence-corrected chi connectivity index (χ3v) is 2.65. The molecule has 0 spiro atoms. The molecular weight excluding hydrogens is 170 g/mol. The molecule has 0 amide bonds. The van der Waals surface area contributed by atoms with Crippen LogP contribution in [-0.2, 0) is 9.53 Å². The van der Waals surface area contributed by atoms with Crippen LogP contribution in [0.4, 0.5) is 0 Å². The molecule has 0 radical (unpaired) electrons. The molecule has 1 heterocycles. The summed E-state index contributed by atoms with van der Waals surface area (Å²) in [4.78, 5) is 11.2. The fourth-order valence-electron chi connectivity index (χ4n) is 1.81. The van der Waals surface area contributed by atoms with Gasteiger partial charge in [0.05, 0.1) is 19.6 Å². The molecule has 0 saturated carbocycles. The maximum Gasteiger partial charge on any atom is 0.311 e. The van der Waals surface area contributed by atoms with Crippen molar-refractivity contribution in [2.75, 3.05) is 26.8 Å². The molecule has 0 aliphatic carbocycles. The van der Waals surface area contributed by atoms with E-state index in [4.69, 9.17) is 5.11 Å². The minimum Gasteiger partial charge on any atom is -0.469 e. The Hall–Kier alpha value is -0.610. The Kier molecular flexibility index (Phi) is 4.18. The monoisotopic (exact) mass is 187 g/mol. The maximum atomic E-state index is 11.2. The topological polar surface area (TPSA) is 58.6 Å². The Labute approximate surface area is 78.3 Å². The number of aliphatic hydroxyl groups excluding tert-OH is 1. The van der Waals surface area contributed by atoms with Gasteiger partial charge in [0.25, 0.3) is 0 Å². The highest BCUT2D eigenvalue weighted by atomic mass is 16.5. The summed E-state index contributed by atoms with van der Waals surface area (Å²) in [6, 6.07) is 0. The second-order valence-electron chi connectivity index (χ2n) is 3.40. The standard InChI is InChI=1S/C9H17NO3/c1-13-9(12)8(6-11)7-2-4-10-5-3-7/h7-8,10-11H,2-6H2,1H3. The first kappa shape index (κ1) is 10.5. The molecule has 0 aromatic rings. The minimum absolute atomic E-state index is 0.0999. The van der Waals surface area contributed by atoms with Gasteiger partial charge in [-0.15, -0.1) is 0 Å². The van der Waals surface area contributed by atoms with E-state index in [1.165, 1.54) is 7.11 Å². The Bertz CT molecular complexity index is 166. The van der Waals surface area contributed by atoms with E-state index >= 15 is 0 Å². The normalized spacial score (nSPS) is 21.1. The molecule has 4 heteroatoms. The van der Waals surface area contributed by atoms with Gasteiger partial charge in [0.2, 0.25) is 0 Å². The van der Waals surface area contributed by atoms with Crippen LogP contribution in [0.5, 0.6) is 0 Å². The number of aliphatic hydroxyl groups is 1. The number of hydrogen-bond donors (Lipinski definition) is 2. The zero-order chi connectivity index (χ0) is 9.68. The van der Waals surface area contributed by atoms with Crippen LogP contribution in [0.15, 0.2) is 0 Å². The predicted molar refractivity (Wildman–Crippen MR) is 48.2 cm³/mol. The SMILES string of the molecule is COC(=O)C(CO)C1CCNCC1. The van der Waals surface area contributed by atoms with Gasteiger partial charge in [-0.1, -0.05) is 0 Å². The van der Waals surface area contributed by atoms with E-state index in [0.717, 1.165) is 25.9 Å². The van der Waals surface area contributed by atoms with Gasteiger partial charge in [-0.3, -0.25) is 4.79 Å². The summed E-state index contributed by atoms with van der Waals surface area (Å²) < 4.78 is 4.64. The Morgan fingerprint density at radius 1 is 1.62 bits per heavy atom. The summed E-state index contributed by atoms with van der Waals surface area (Å²) in [5, 5.41) is 12.3. The van der Waals surface area contributed by atoms with Gasteiger partial charge in [-0.2, -0.15) is 0 Å². The second-order valence-corrected chi connectivity index (χ2v) is 3.40. The molecule has 1 aliphatic heterocycles. The molecular formula is C9H17NO3. The number of piperidine rings is 1. The van der Waals surface area contributed by atoms with Gasteiger partial charge >= 0.3 is 5.97 Å². The highest BCUT2D eigenvalue weighted by molar-refractivity contribution is 5.72. The molecule has 13 heavy (non-hydrogen) atoms. The molecule has 1 atom stereocenters. The summed E-state index contributed by atoms with van der Waals surface area (Å²) in [5.74, 6) is -0.333. The molecule has 1 unspecified atom stereocenters. The quantitative estimate of drug-likeness (QED) is 0.599. The van der Waals surface area contributed by atoms with E-state index in [-0.39, 0.29) is 24.4 Å². The highest BCUT2D eigenvalue weighted by Gasteiger charge is 2.29. The third kappa shape index (κ3) is 2.67. The molecule has 1 rings (SSSR count). The molecule has 1 aliphatic rings. The van der Waals surface area contributed by atoms with Crippen molar-refractivity contribution in [3.63, 3.8) is 0 Å². The van der Waals surface area contributed by atoms with Crippen LogP contribution in [-0.4, -0.2) is 37.9 Å². The van der Waals surface area contributed by atoms with E-state index in [1.54, 1.807) is 0 Å². The van der Waals surface area contributed by atoms with Crippen molar-refractivity contribution in [1.29, 1.82) is 0 Å². The molecule has 1 fully saturated rings. The number of hydrogen-bond acceptors (Lipinski definition) is 4. The van der Waals surface area contributed by atoms with Crippen LogP contribution in [0, 0.1) is 11.8 Å². The van der Waals surface area contributed by atoms with Gasteiger partial charge in [0.1, 0.15) is 0 Å². The summed E-state index contributed by atoms with van der Waals surface area (Å²) in [7, 11) is 1.37. The first-order chi connectivity index (χ1) is 6.29. The van der Waals surface area contributed by atoms with E-state index in [9.17, 15) is 4.79 Å². The van der Waals surface area contributed by atoms with Gasteiger partial charge in [-0.25, -0.2) is 0 Å². The fourth-order valence-corrected chi connectivity index (χ4v) is 1.81. The van der Waals surface area contributed by atoms with Crippen LogP contribution < -0.4 is 5.32 Å². The second kappa shape index (κ2) is 5.19. The van der Waals surface area contributed by atoms with Crippen molar-refractivity contribution in [3.05, 3.63) is 0 Å². The fraction of sp³-hybridized carbons (Fsp3) is 0.889. The lowest BCUT2D eigenvalue weighted by molar-refractivity contribution is -0.149. The van der Waals surface area contributed by atoms with E-state index in [1.807, 2.05) is 0 Å². The summed E-state index contributed by atoms with van der Waals surface area (Å²) in [6.07, 6.45) is 1.89. The average Bonchev–Trinajstić information content (AvgIpc) is 2.20. The van der Waals surface area contributed by atoms with Crippen LogP contribution in [0.25, 0.3) is 0 Å². The van der Waals surface area contributed by atoms with E-state index in [0.29, 0.717) is 0 Å². The summed E-state index contributed by atoms with van der Waals surface area (Å²) >= 11 is 0. The molecule has 0 aromatic heterocycles. The van der Waals surface area contributed by atoms with Crippen LogP contribution >= 0.6 is 0 Å². The van der Waals surface area contributed by atoms with Crippen molar-refractivity contribution in [3.8, 4) is 0 Å². The average molecular weight is 187 g/mol. The zero-order valence-corrected chi connectivity index (χ0v) is 7.95. The maximum absolute atomic E-state index is 11.2. The van der Waals surface area contributed by atoms with Gasteiger partial charge < -0.3 is 15.2 Å². The first-order valence-electron chi connectivity index (χ1n) is 4.69. The van der Waals surface area contributed by atoms with Gasteiger partial charge in [0.15, 0.2) is 0 Å². The number of methoxy groups -OCH3 is 1. The lowest BCUT2D eigenvalue weighted by Crippen LogP contribution is -2.36. The number of esters is 1. The lowest BCUT2D eigenvalue weighted by atomic mass is 9.85. The van der Waals surface area contributed by atoms with Crippen molar-refractivity contribution in [2.24, 2.45) is 11.8 Å². The van der Waals surface area contributed by atoms with Crippen LogP contribution in [0.3, 0.4) is 0 Å². The number of carbonyl (C=O) groups is 1. The molecule has 76 valence electrons. The number of ether oxygens (including phenoxy) is 1. The molecule has 1 saturated heterocycles. The summed E-state index contributed by atoms with van der Waals surface area (Å²) in [5.41, 5.74) is 0. The largest absolute Gasteiger partial charge is 0.469 e. The number of nitrogens with one attached hydrogen (secondary N) is 1. The van der Waals surface area contributed by atoms with Crippen molar-refractivity contribution in [2.45, 2.75) is 12.8 Å². The number of rotatable bonds is 3. The van der Waals surface area contributed by atoms with Crippen molar-refractivity contribution < 1.29 is 14.6 Å². The van der Waals surface area contributed by atoms with Crippen LogP contribution in [0.2, 0.25) is 0 Å². The van der Waals surface area contributed by atoms with E-state index in [2.05, 4.69) is 10.1 Å². The smallest absolute Gasteiger partial charge is 0.311 e.